The summed E-state index contributed by atoms with van der Waals surface area (Å²) in [5.74, 6) is -9.12. The fraction of sp³-hybridized carbons (Fsp3) is 1.00. The molecule has 0 heterocycles. The molecule has 16 heavy (non-hydrogen) atoms. The predicted octanol–water partition coefficient (Wildman–Crippen LogP) is 4.41. The third-order valence-corrected chi connectivity index (χ3v) is 0.996. The monoisotopic (exact) mass is 268 g/mol. The van der Waals surface area contributed by atoms with E-state index in [0.717, 1.165) is 0 Å². The molecule has 0 rings (SSSR count). The van der Waals surface area contributed by atoms with Crippen LogP contribution in [0.25, 0.3) is 0 Å². The third kappa shape index (κ3) is 6.72. The molecule has 0 N–H and O–H groups in total. The van der Waals surface area contributed by atoms with Gasteiger partial charge in [0.1, 0.15) is 0 Å². The van der Waals surface area contributed by atoms with Gasteiger partial charge in [0, 0.05) is 13.8 Å². The molecule has 0 aliphatic carbocycles. The molecule has 0 atom stereocenters. The molecule has 0 saturated heterocycles. The minimum absolute atomic E-state index is 0.188. The van der Waals surface area contributed by atoms with Crippen LogP contribution in [0.4, 0.5) is 43.9 Å². The summed E-state index contributed by atoms with van der Waals surface area (Å²) in [4.78, 5) is 0. The van der Waals surface area contributed by atoms with Crippen LogP contribution >= 0.6 is 0 Å². The zero-order valence-corrected chi connectivity index (χ0v) is 7.78. The van der Waals surface area contributed by atoms with Gasteiger partial charge in [0.25, 0.3) is 0 Å². The number of halogens is 10. The molecule has 0 fully saturated rings. The van der Waals surface area contributed by atoms with Crippen molar-refractivity contribution >= 4 is 0 Å². The van der Waals surface area contributed by atoms with Crippen molar-refractivity contribution in [2.75, 3.05) is 0 Å². The first-order chi connectivity index (χ1) is 6.50. The Balaban J connectivity index is 0. The van der Waals surface area contributed by atoms with Crippen molar-refractivity contribution in [3.8, 4) is 0 Å². The highest BCUT2D eigenvalue weighted by Gasteiger charge is 2.53. The van der Waals surface area contributed by atoms with E-state index in [1.165, 1.54) is 0 Å². The van der Waals surface area contributed by atoms with Crippen molar-refractivity contribution in [3.63, 3.8) is 0 Å². The molecule has 100 valence electrons. The van der Waals surface area contributed by atoms with Gasteiger partial charge in [0.2, 0.25) is 0 Å². The van der Waals surface area contributed by atoms with E-state index in [-0.39, 0.29) is 13.8 Å². The fourth-order valence-corrected chi connectivity index (χ4v) is 0. The molecule has 0 aromatic rings. The van der Waals surface area contributed by atoms with E-state index >= 15 is 0 Å². The van der Waals surface area contributed by atoms with Crippen LogP contribution in [0.2, 0.25) is 0 Å². The van der Waals surface area contributed by atoms with Gasteiger partial charge in [0.05, 0.1) is 0 Å². The molecule has 0 amide bonds. The van der Waals surface area contributed by atoms with Gasteiger partial charge in [-0.3, -0.25) is 0 Å². The van der Waals surface area contributed by atoms with Gasteiger partial charge < -0.3 is 0 Å². The lowest BCUT2D eigenvalue weighted by Crippen LogP contribution is -2.32. The summed E-state index contributed by atoms with van der Waals surface area (Å²) in [6, 6.07) is 0. The quantitative estimate of drug-likeness (QED) is 0.571. The molecule has 0 aliphatic heterocycles. The lowest BCUT2D eigenvalue weighted by Gasteiger charge is -2.12. The molecule has 0 saturated carbocycles. The zero-order valence-electron chi connectivity index (χ0n) is 7.78. The topological polar surface area (TPSA) is 0 Å². The van der Waals surface area contributed by atoms with Crippen molar-refractivity contribution in [1.82, 2.24) is 0 Å². The largest absolute Gasteiger partial charge is 0.452 e. The first-order valence-electron chi connectivity index (χ1n) is 3.39. The van der Waals surface area contributed by atoms with Crippen LogP contribution in [0.15, 0.2) is 0 Å². The molecule has 0 bridgehead atoms. The van der Waals surface area contributed by atoms with Crippen molar-refractivity contribution in [2.24, 2.45) is 0 Å². The van der Waals surface area contributed by atoms with Crippen molar-refractivity contribution in [1.29, 1.82) is 0 Å². The average molecular weight is 268 g/mol. The van der Waals surface area contributed by atoms with Crippen molar-refractivity contribution in [2.45, 2.75) is 38.0 Å². The smallest absolute Gasteiger partial charge is 0.197 e. The number of hydrogen-bond donors (Lipinski definition) is 0. The second-order valence-corrected chi connectivity index (χ2v) is 2.77. The third-order valence-electron chi connectivity index (χ3n) is 0.996. The van der Waals surface area contributed by atoms with Crippen LogP contribution < -0.4 is 0 Å². The van der Waals surface area contributed by atoms with E-state index in [0.29, 0.717) is 0 Å². The normalized spacial score (nSPS) is 14.2. The van der Waals surface area contributed by atoms with E-state index < -0.39 is 24.2 Å². The highest BCUT2D eigenvalue weighted by atomic mass is 19.4. The molecule has 0 aromatic carbocycles. The van der Waals surface area contributed by atoms with Crippen molar-refractivity contribution in [3.05, 3.63) is 0 Å². The summed E-state index contributed by atoms with van der Waals surface area (Å²) in [5.41, 5.74) is 0. The Morgan fingerprint density at radius 2 is 0.500 bits per heavy atom. The summed E-state index contributed by atoms with van der Waals surface area (Å²) in [5, 5.41) is 0. The lowest BCUT2D eigenvalue weighted by atomic mass is 10.4. The standard InChI is InChI=1S/2C3H3F5/c2*1-2(4,5)3(6,7)8/h2*1H3. The van der Waals surface area contributed by atoms with Crippen LogP contribution in [0.1, 0.15) is 13.8 Å². The number of alkyl halides is 10. The van der Waals surface area contributed by atoms with E-state index in [4.69, 9.17) is 0 Å². The summed E-state index contributed by atoms with van der Waals surface area (Å²) in [6.07, 6.45) is -10.8. The SMILES string of the molecule is CC(F)(F)C(F)(F)F.CC(F)(F)C(F)(F)F. The number of hydrogen-bond acceptors (Lipinski definition) is 0. The molecule has 0 spiro atoms. The maximum absolute atomic E-state index is 11.1. The Kier molecular flexibility index (Phi) is 5.15. The highest BCUT2D eigenvalue weighted by molar-refractivity contribution is 4.68. The molecule has 0 unspecified atom stereocenters. The van der Waals surface area contributed by atoms with E-state index in [1.54, 1.807) is 0 Å². The van der Waals surface area contributed by atoms with Crippen LogP contribution in [-0.2, 0) is 0 Å². The molecule has 0 radical (unpaired) electrons. The highest BCUT2D eigenvalue weighted by Crippen LogP contribution is 2.34. The molecular formula is C6H6F10. The van der Waals surface area contributed by atoms with Crippen LogP contribution in [0.5, 0.6) is 0 Å². The van der Waals surface area contributed by atoms with Gasteiger partial charge in [-0.25, -0.2) is 0 Å². The van der Waals surface area contributed by atoms with Gasteiger partial charge in [-0.1, -0.05) is 0 Å². The van der Waals surface area contributed by atoms with Gasteiger partial charge >= 0.3 is 24.2 Å². The molecule has 0 nitrogen and oxygen atoms in total. The molecular weight excluding hydrogens is 262 g/mol. The molecule has 0 aliphatic rings. The van der Waals surface area contributed by atoms with Crippen LogP contribution in [0, 0.1) is 0 Å². The van der Waals surface area contributed by atoms with E-state index in [1.807, 2.05) is 0 Å². The second kappa shape index (κ2) is 4.66. The minimum Gasteiger partial charge on any atom is -0.197 e. The van der Waals surface area contributed by atoms with Gasteiger partial charge in [-0.05, 0) is 0 Å². The summed E-state index contributed by atoms with van der Waals surface area (Å²) in [7, 11) is 0. The molecule has 10 heteroatoms. The van der Waals surface area contributed by atoms with Gasteiger partial charge in [0.15, 0.2) is 0 Å². The predicted molar refractivity (Wildman–Crippen MR) is 33.4 cm³/mol. The second-order valence-electron chi connectivity index (χ2n) is 2.77. The van der Waals surface area contributed by atoms with Gasteiger partial charge in [-0.15, -0.1) is 0 Å². The fourth-order valence-electron chi connectivity index (χ4n) is 0. The summed E-state index contributed by atoms with van der Waals surface area (Å²) < 4.78 is 109. The Hall–Kier alpha value is -0.700. The van der Waals surface area contributed by atoms with Crippen molar-refractivity contribution < 1.29 is 43.9 Å². The lowest BCUT2D eigenvalue weighted by molar-refractivity contribution is -0.273. The Morgan fingerprint density at radius 3 is 0.500 bits per heavy atom. The Bertz CT molecular complexity index is 149. The Morgan fingerprint density at radius 1 is 0.438 bits per heavy atom. The zero-order chi connectivity index (χ0) is 14.0. The first kappa shape index (κ1) is 17.7. The molecule has 0 aromatic heterocycles. The minimum atomic E-state index is -5.40. The summed E-state index contributed by atoms with van der Waals surface area (Å²) >= 11 is 0. The maximum atomic E-state index is 11.1. The van der Waals surface area contributed by atoms with Crippen LogP contribution in [0.3, 0.4) is 0 Å². The van der Waals surface area contributed by atoms with Gasteiger partial charge in [-0.2, -0.15) is 43.9 Å². The van der Waals surface area contributed by atoms with Crippen LogP contribution in [-0.4, -0.2) is 24.2 Å². The first-order valence-corrected chi connectivity index (χ1v) is 3.39. The Labute approximate surface area is 83.2 Å². The average Bonchev–Trinajstić information content (AvgIpc) is 1.77. The van der Waals surface area contributed by atoms with E-state index in [2.05, 4.69) is 0 Å². The number of rotatable bonds is 0. The van der Waals surface area contributed by atoms with E-state index in [9.17, 15) is 43.9 Å². The maximum Gasteiger partial charge on any atom is 0.452 e. The summed E-state index contributed by atoms with van der Waals surface area (Å²) in [6.45, 7) is -0.375.